The summed E-state index contributed by atoms with van der Waals surface area (Å²) in [6, 6.07) is 18.3. The van der Waals surface area contributed by atoms with E-state index in [-0.39, 0.29) is 11.8 Å². The first-order chi connectivity index (χ1) is 14.6. The zero-order valence-electron chi connectivity index (χ0n) is 17.3. The lowest BCUT2D eigenvalue weighted by molar-refractivity contribution is 0.280. The van der Waals surface area contributed by atoms with E-state index in [4.69, 9.17) is 4.74 Å². The summed E-state index contributed by atoms with van der Waals surface area (Å²) < 4.78 is 18.9. The molecular weight excluding hydrogens is 399 g/mol. The fraction of sp³-hybridized carbons (Fsp3) is 0.261. The SMILES string of the molecule is CCCNc1nc(OCc2ccc(C)cc2)ncc1F.S=CNCc1ccccc1. The van der Waals surface area contributed by atoms with E-state index < -0.39 is 5.82 Å². The molecule has 7 heteroatoms. The van der Waals surface area contributed by atoms with E-state index in [1.807, 2.05) is 56.3 Å². The standard InChI is InChI=1S/C15H18FN3O.C8H9NS/c1-3-8-17-14-13(16)9-18-15(19-14)20-10-12-6-4-11(2)5-7-12;10-7-9-6-8-4-2-1-3-5-8/h4-7,9H,3,8,10H2,1-2H3,(H,17,18,19);1-5,7H,6H2,(H,9,10). The van der Waals surface area contributed by atoms with E-state index in [9.17, 15) is 4.39 Å². The van der Waals surface area contributed by atoms with Crippen molar-refractivity contribution in [1.29, 1.82) is 0 Å². The van der Waals surface area contributed by atoms with Crippen molar-refractivity contribution in [3.8, 4) is 6.01 Å². The van der Waals surface area contributed by atoms with Crippen LogP contribution in [0.25, 0.3) is 0 Å². The van der Waals surface area contributed by atoms with Crippen LogP contribution in [0.5, 0.6) is 6.01 Å². The van der Waals surface area contributed by atoms with Crippen LogP contribution in [0.3, 0.4) is 0 Å². The van der Waals surface area contributed by atoms with Gasteiger partial charge in [-0.25, -0.2) is 9.37 Å². The lowest BCUT2D eigenvalue weighted by atomic mass is 10.2. The number of aromatic nitrogens is 2. The summed E-state index contributed by atoms with van der Waals surface area (Å²) in [5.41, 5.74) is 5.00. The summed E-state index contributed by atoms with van der Waals surface area (Å²) in [5.74, 6) is -0.290. The number of nitrogens with one attached hydrogen (secondary N) is 2. The topological polar surface area (TPSA) is 59.1 Å². The highest BCUT2D eigenvalue weighted by Gasteiger charge is 2.07. The molecule has 5 nitrogen and oxygen atoms in total. The number of anilines is 1. The van der Waals surface area contributed by atoms with Crippen molar-refractivity contribution in [1.82, 2.24) is 15.3 Å². The largest absolute Gasteiger partial charge is 0.459 e. The van der Waals surface area contributed by atoms with Crippen LogP contribution in [0.2, 0.25) is 0 Å². The lowest BCUT2D eigenvalue weighted by Gasteiger charge is -2.08. The van der Waals surface area contributed by atoms with Gasteiger partial charge in [-0.1, -0.05) is 79.3 Å². The Balaban J connectivity index is 0.000000269. The van der Waals surface area contributed by atoms with Gasteiger partial charge in [0.2, 0.25) is 0 Å². The first kappa shape index (κ1) is 23.2. The second-order valence-electron chi connectivity index (χ2n) is 6.53. The molecule has 0 spiro atoms. The van der Waals surface area contributed by atoms with Crippen molar-refractivity contribution in [2.45, 2.75) is 33.4 Å². The van der Waals surface area contributed by atoms with E-state index in [1.54, 1.807) is 0 Å². The highest BCUT2D eigenvalue weighted by molar-refractivity contribution is 7.78. The van der Waals surface area contributed by atoms with Crippen LogP contribution in [-0.4, -0.2) is 22.0 Å². The van der Waals surface area contributed by atoms with Gasteiger partial charge in [0.1, 0.15) is 6.61 Å². The molecule has 0 atom stereocenters. The Labute approximate surface area is 182 Å². The molecule has 2 aromatic carbocycles. The van der Waals surface area contributed by atoms with Crippen LogP contribution < -0.4 is 15.4 Å². The molecule has 0 bridgehead atoms. The number of benzene rings is 2. The van der Waals surface area contributed by atoms with Crippen molar-refractivity contribution < 1.29 is 9.13 Å². The summed E-state index contributed by atoms with van der Waals surface area (Å²) in [5, 5.41) is 5.86. The van der Waals surface area contributed by atoms with E-state index in [0.717, 1.165) is 24.7 Å². The average Bonchev–Trinajstić information content (AvgIpc) is 2.78. The van der Waals surface area contributed by atoms with Gasteiger partial charge in [0.25, 0.3) is 0 Å². The normalized spacial score (nSPS) is 9.83. The van der Waals surface area contributed by atoms with Gasteiger partial charge in [0, 0.05) is 13.1 Å². The Bertz CT molecular complexity index is 891. The van der Waals surface area contributed by atoms with Gasteiger partial charge >= 0.3 is 6.01 Å². The molecule has 1 aromatic heterocycles. The molecule has 0 fully saturated rings. The maximum absolute atomic E-state index is 13.5. The van der Waals surface area contributed by atoms with Crippen molar-refractivity contribution in [3.05, 3.63) is 83.3 Å². The number of hydrogen-bond donors (Lipinski definition) is 2. The number of thiocarbonyl (C=S) groups is 1. The monoisotopic (exact) mass is 426 g/mol. The number of aryl methyl sites for hydroxylation is 1. The molecule has 0 radical (unpaired) electrons. The molecule has 0 aliphatic heterocycles. The fourth-order valence-electron chi connectivity index (χ4n) is 2.38. The summed E-state index contributed by atoms with van der Waals surface area (Å²) in [4.78, 5) is 7.85. The zero-order chi connectivity index (χ0) is 21.6. The summed E-state index contributed by atoms with van der Waals surface area (Å²) in [6.45, 7) is 5.87. The number of rotatable bonds is 9. The van der Waals surface area contributed by atoms with E-state index >= 15 is 0 Å². The predicted molar refractivity (Wildman–Crippen MR) is 123 cm³/mol. The van der Waals surface area contributed by atoms with Crippen LogP contribution in [0, 0.1) is 12.7 Å². The minimum Gasteiger partial charge on any atom is -0.459 e. The van der Waals surface area contributed by atoms with E-state index in [0.29, 0.717) is 13.2 Å². The third-order valence-corrected chi connectivity index (χ3v) is 4.15. The Hall–Kier alpha value is -3.06. The Morgan fingerprint density at radius 2 is 1.80 bits per heavy atom. The Morgan fingerprint density at radius 3 is 2.47 bits per heavy atom. The summed E-state index contributed by atoms with van der Waals surface area (Å²) in [7, 11) is 0. The summed E-state index contributed by atoms with van der Waals surface area (Å²) in [6.07, 6.45) is 2.01. The second kappa shape index (κ2) is 13.2. The maximum atomic E-state index is 13.5. The molecule has 0 unspecified atom stereocenters. The first-order valence-corrected chi connectivity index (χ1v) is 10.2. The van der Waals surface area contributed by atoms with Crippen molar-refractivity contribution in [3.63, 3.8) is 0 Å². The highest BCUT2D eigenvalue weighted by atomic mass is 32.1. The first-order valence-electron chi connectivity index (χ1n) is 9.78. The average molecular weight is 427 g/mol. The molecule has 0 amide bonds. The van der Waals surface area contributed by atoms with Crippen molar-refractivity contribution >= 4 is 23.5 Å². The molecule has 158 valence electrons. The predicted octanol–water partition coefficient (Wildman–Crippen LogP) is 5.06. The highest BCUT2D eigenvalue weighted by Crippen LogP contribution is 2.14. The fourth-order valence-corrected chi connectivity index (χ4v) is 2.46. The molecule has 1 heterocycles. The number of hydrogen-bond acceptors (Lipinski definition) is 5. The van der Waals surface area contributed by atoms with Gasteiger partial charge in [0.15, 0.2) is 11.6 Å². The Morgan fingerprint density at radius 1 is 1.07 bits per heavy atom. The van der Waals surface area contributed by atoms with Gasteiger partial charge in [-0.2, -0.15) is 4.98 Å². The third kappa shape index (κ3) is 8.53. The Kier molecular flexibility index (Phi) is 10.2. The number of halogens is 1. The molecule has 2 N–H and O–H groups in total. The van der Waals surface area contributed by atoms with Crippen LogP contribution in [0.4, 0.5) is 10.2 Å². The lowest BCUT2D eigenvalue weighted by Crippen LogP contribution is -2.07. The minimum absolute atomic E-state index is 0.172. The van der Waals surface area contributed by atoms with E-state index in [2.05, 4.69) is 45.0 Å². The van der Waals surface area contributed by atoms with Crippen LogP contribution in [0.15, 0.2) is 60.8 Å². The third-order valence-electron chi connectivity index (χ3n) is 3.99. The van der Waals surface area contributed by atoms with Crippen LogP contribution >= 0.6 is 12.2 Å². The van der Waals surface area contributed by atoms with Crippen molar-refractivity contribution in [2.24, 2.45) is 0 Å². The molecule has 0 saturated heterocycles. The van der Waals surface area contributed by atoms with Gasteiger partial charge in [-0.15, -0.1) is 0 Å². The quantitative estimate of drug-likeness (QED) is 0.467. The molecule has 3 rings (SSSR count). The number of nitrogens with zero attached hydrogens (tertiary/aromatic N) is 2. The zero-order valence-corrected chi connectivity index (χ0v) is 18.1. The molecule has 0 aliphatic carbocycles. The van der Waals surface area contributed by atoms with Gasteiger partial charge in [0.05, 0.1) is 11.7 Å². The summed E-state index contributed by atoms with van der Waals surface area (Å²) >= 11 is 4.62. The van der Waals surface area contributed by atoms with Crippen LogP contribution in [-0.2, 0) is 13.2 Å². The van der Waals surface area contributed by atoms with Gasteiger partial charge in [-0.05, 0) is 24.5 Å². The van der Waals surface area contributed by atoms with Crippen LogP contribution in [0.1, 0.15) is 30.0 Å². The molecule has 30 heavy (non-hydrogen) atoms. The number of ether oxygens (including phenoxy) is 1. The molecular formula is C23H27FN4OS. The van der Waals surface area contributed by atoms with E-state index in [1.165, 1.54) is 16.6 Å². The second-order valence-corrected chi connectivity index (χ2v) is 6.77. The van der Waals surface area contributed by atoms with Gasteiger partial charge < -0.3 is 15.4 Å². The molecule has 0 saturated carbocycles. The molecule has 3 aromatic rings. The van der Waals surface area contributed by atoms with Gasteiger partial charge in [-0.3, -0.25) is 0 Å². The minimum atomic E-state index is -0.471. The smallest absolute Gasteiger partial charge is 0.318 e. The molecule has 0 aliphatic rings. The van der Waals surface area contributed by atoms with Crippen molar-refractivity contribution in [2.75, 3.05) is 11.9 Å². The maximum Gasteiger partial charge on any atom is 0.318 e.